The number of carbonyl (C=O) groups excluding carboxylic acids is 2. The summed E-state index contributed by atoms with van der Waals surface area (Å²) in [5, 5.41) is 8.28. The van der Waals surface area contributed by atoms with E-state index in [1.54, 1.807) is 25.1 Å². The SMILES string of the molecule is CC1Oc2cccc(NC(=O)NCC(C)(C)C)c2NC1=O. The minimum absolute atomic E-state index is 0.000213. The number of rotatable bonds is 2. The summed E-state index contributed by atoms with van der Waals surface area (Å²) in [6.07, 6.45) is -0.539. The van der Waals surface area contributed by atoms with Crippen LogP contribution in [0.25, 0.3) is 0 Å². The van der Waals surface area contributed by atoms with Gasteiger partial charge < -0.3 is 20.7 Å². The molecule has 0 spiro atoms. The molecule has 0 fully saturated rings. The van der Waals surface area contributed by atoms with Gasteiger partial charge in [0.25, 0.3) is 5.91 Å². The molecule has 2 rings (SSSR count). The Morgan fingerprint density at radius 1 is 1.38 bits per heavy atom. The number of amides is 3. The quantitative estimate of drug-likeness (QED) is 0.783. The summed E-state index contributed by atoms with van der Waals surface area (Å²) >= 11 is 0. The summed E-state index contributed by atoms with van der Waals surface area (Å²) in [5.74, 6) is 0.322. The molecule has 0 bridgehead atoms. The molecule has 6 nitrogen and oxygen atoms in total. The lowest BCUT2D eigenvalue weighted by Crippen LogP contribution is -2.37. The minimum atomic E-state index is -0.539. The maximum absolute atomic E-state index is 11.9. The summed E-state index contributed by atoms with van der Waals surface area (Å²) in [5.41, 5.74) is 1.01. The highest BCUT2D eigenvalue weighted by atomic mass is 16.5. The molecule has 1 atom stereocenters. The fraction of sp³-hybridized carbons (Fsp3) is 0.467. The normalized spacial score (nSPS) is 17.3. The first-order valence-corrected chi connectivity index (χ1v) is 6.92. The van der Waals surface area contributed by atoms with Crippen LogP contribution in [0.3, 0.4) is 0 Å². The van der Waals surface area contributed by atoms with Crippen molar-refractivity contribution in [3.05, 3.63) is 18.2 Å². The zero-order chi connectivity index (χ0) is 15.6. The average Bonchev–Trinajstić information content (AvgIpc) is 2.38. The van der Waals surface area contributed by atoms with Gasteiger partial charge in [0.2, 0.25) is 0 Å². The Balaban J connectivity index is 2.10. The molecule has 0 radical (unpaired) electrons. The van der Waals surface area contributed by atoms with Crippen molar-refractivity contribution in [2.24, 2.45) is 5.41 Å². The van der Waals surface area contributed by atoms with Gasteiger partial charge in [0.1, 0.15) is 11.4 Å². The molecule has 1 aliphatic heterocycles. The second-order valence-corrected chi connectivity index (χ2v) is 6.30. The first-order chi connectivity index (χ1) is 9.76. The fourth-order valence-electron chi connectivity index (χ4n) is 1.84. The topological polar surface area (TPSA) is 79.5 Å². The van der Waals surface area contributed by atoms with Gasteiger partial charge in [0.05, 0.1) is 5.69 Å². The van der Waals surface area contributed by atoms with Gasteiger partial charge in [0.15, 0.2) is 6.10 Å². The molecule has 0 aliphatic carbocycles. The lowest BCUT2D eigenvalue weighted by molar-refractivity contribution is -0.122. The molecule has 0 aromatic heterocycles. The van der Waals surface area contributed by atoms with Crippen molar-refractivity contribution >= 4 is 23.3 Å². The number of hydrogen-bond donors (Lipinski definition) is 3. The molecule has 0 saturated carbocycles. The third kappa shape index (κ3) is 3.87. The van der Waals surface area contributed by atoms with Gasteiger partial charge >= 0.3 is 6.03 Å². The Bertz CT molecular complexity index is 564. The molecule has 3 N–H and O–H groups in total. The number of nitrogens with one attached hydrogen (secondary N) is 3. The standard InChI is InChI=1S/C15H21N3O3/c1-9-13(19)18-12-10(6-5-7-11(12)21-9)17-14(20)16-8-15(2,3)4/h5-7,9H,8H2,1-4H3,(H,18,19)(H2,16,17,20). The van der Waals surface area contributed by atoms with Crippen LogP contribution in [0.5, 0.6) is 5.75 Å². The van der Waals surface area contributed by atoms with Crippen molar-refractivity contribution < 1.29 is 14.3 Å². The number of hydrogen-bond acceptors (Lipinski definition) is 3. The third-order valence-corrected chi connectivity index (χ3v) is 2.97. The Kier molecular flexibility index (Phi) is 4.06. The van der Waals surface area contributed by atoms with Gasteiger partial charge in [-0.1, -0.05) is 26.8 Å². The van der Waals surface area contributed by atoms with E-state index in [4.69, 9.17) is 4.74 Å². The van der Waals surface area contributed by atoms with E-state index in [9.17, 15) is 9.59 Å². The second-order valence-electron chi connectivity index (χ2n) is 6.30. The maximum Gasteiger partial charge on any atom is 0.319 e. The molecule has 0 saturated heterocycles. The second kappa shape index (κ2) is 5.63. The van der Waals surface area contributed by atoms with E-state index in [1.165, 1.54) is 0 Å². The predicted octanol–water partition coefficient (Wildman–Crippen LogP) is 2.57. The molecule has 1 aromatic carbocycles. The van der Waals surface area contributed by atoms with Crippen molar-refractivity contribution in [2.75, 3.05) is 17.2 Å². The molecule has 21 heavy (non-hydrogen) atoms. The van der Waals surface area contributed by atoms with Gasteiger partial charge in [-0.15, -0.1) is 0 Å². The Morgan fingerprint density at radius 3 is 2.76 bits per heavy atom. The monoisotopic (exact) mass is 291 g/mol. The summed E-state index contributed by atoms with van der Waals surface area (Å²) in [6, 6.07) is 4.92. The zero-order valence-electron chi connectivity index (χ0n) is 12.7. The molecule has 3 amide bonds. The Hall–Kier alpha value is -2.24. The summed E-state index contributed by atoms with van der Waals surface area (Å²) < 4.78 is 5.50. The van der Waals surface area contributed by atoms with Crippen LogP contribution in [-0.4, -0.2) is 24.6 Å². The lowest BCUT2D eigenvalue weighted by Gasteiger charge is -2.25. The van der Waals surface area contributed by atoms with Crippen molar-refractivity contribution in [2.45, 2.75) is 33.8 Å². The number of anilines is 2. The molecule has 1 aliphatic rings. The highest BCUT2D eigenvalue weighted by Gasteiger charge is 2.26. The molecule has 1 aromatic rings. The predicted molar refractivity (Wildman–Crippen MR) is 81.6 cm³/mol. The van der Waals surface area contributed by atoms with E-state index in [1.807, 2.05) is 20.8 Å². The van der Waals surface area contributed by atoms with Crippen LogP contribution in [0.1, 0.15) is 27.7 Å². The van der Waals surface area contributed by atoms with E-state index in [0.29, 0.717) is 23.7 Å². The number of benzene rings is 1. The van der Waals surface area contributed by atoms with Gasteiger partial charge in [0, 0.05) is 6.54 Å². The van der Waals surface area contributed by atoms with E-state index in [2.05, 4.69) is 16.0 Å². The maximum atomic E-state index is 11.9. The smallest absolute Gasteiger partial charge is 0.319 e. The van der Waals surface area contributed by atoms with Gasteiger partial charge in [-0.2, -0.15) is 0 Å². The first kappa shape index (κ1) is 15.2. The van der Waals surface area contributed by atoms with Crippen molar-refractivity contribution in [1.82, 2.24) is 5.32 Å². The van der Waals surface area contributed by atoms with E-state index in [-0.39, 0.29) is 17.4 Å². The highest BCUT2D eigenvalue weighted by Crippen LogP contribution is 2.36. The largest absolute Gasteiger partial charge is 0.479 e. The first-order valence-electron chi connectivity index (χ1n) is 6.92. The van der Waals surface area contributed by atoms with Crippen LogP contribution in [0.15, 0.2) is 18.2 Å². The average molecular weight is 291 g/mol. The van der Waals surface area contributed by atoms with E-state index in [0.717, 1.165) is 0 Å². The van der Waals surface area contributed by atoms with Gasteiger partial charge in [-0.3, -0.25) is 4.79 Å². The molecular weight excluding hydrogens is 270 g/mol. The van der Waals surface area contributed by atoms with Crippen LogP contribution in [-0.2, 0) is 4.79 Å². The number of fused-ring (bicyclic) bond motifs is 1. The summed E-state index contributed by atoms with van der Waals surface area (Å²) in [6.45, 7) is 8.33. The van der Waals surface area contributed by atoms with Crippen LogP contribution in [0.2, 0.25) is 0 Å². The van der Waals surface area contributed by atoms with Gasteiger partial charge in [-0.05, 0) is 24.5 Å². The van der Waals surface area contributed by atoms with Crippen molar-refractivity contribution in [3.8, 4) is 5.75 Å². The number of carbonyl (C=O) groups is 2. The molecular formula is C15H21N3O3. The lowest BCUT2D eigenvalue weighted by atomic mass is 9.97. The fourth-order valence-corrected chi connectivity index (χ4v) is 1.84. The Labute approximate surface area is 124 Å². The van der Waals surface area contributed by atoms with Crippen LogP contribution < -0.4 is 20.7 Å². The van der Waals surface area contributed by atoms with Crippen LogP contribution in [0.4, 0.5) is 16.2 Å². The number of para-hydroxylation sites is 1. The third-order valence-electron chi connectivity index (χ3n) is 2.97. The van der Waals surface area contributed by atoms with Gasteiger partial charge in [-0.25, -0.2) is 4.79 Å². The Morgan fingerprint density at radius 2 is 2.10 bits per heavy atom. The highest BCUT2D eigenvalue weighted by molar-refractivity contribution is 6.03. The molecule has 1 heterocycles. The molecule has 1 unspecified atom stereocenters. The van der Waals surface area contributed by atoms with Crippen LogP contribution >= 0.6 is 0 Å². The van der Waals surface area contributed by atoms with Crippen LogP contribution in [0, 0.1) is 5.41 Å². The minimum Gasteiger partial charge on any atom is -0.479 e. The van der Waals surface area contributed by atoms with Crippen molar-refractivity contribution in [3.63, 3.8) is 0 Å². The van der Waals surface area contributed by atoms with Crippen molar-refractivity contribution in [1.29, 1.82) is 0 Å². The number of ether oxygens (including phenoxy) is 1. The number of urea groups is 1. The van der Waals surface area contributed by atoms with E-state index < -0.39 is 6.10 Å². The summed E-state index contributed by atoms with van der Waals surface area (Å²) in [7, 11) is 0. The molecule has 114 valence electrons. The molecule has 6 heteroatoms. The zero-order valence-corrected chi connectivity index (χ0v) is 12.7. The van der Waals surface area contributed by atoms with E-state index >= 15 is 0 Å². The summed E-state index contributed by atoms with van der Waals surface area (Å²) in [4.78, 5) is 23.6.